The highest BCUT2D eigenvalue weighted by molar-refractivity contribution is 5.99. The summed E-state index contributed by atoms with van der Waals surface area (Å²) in [5, 5.41) is 8.40. The normalized spacial score (nSPS) is 17.3. The number of benzene rings is 1. The number of fused-ring (bicyclic) bond motifs is 2. The first-order valence-electron chi connectivity index (χ1n) is 11.6. The Kier molecular flexibility index (Phi) is 6.07. The van der Waals surface area contributed by atoms with E-state index in [4.69, 9.17) is 0 Å². The lowest BCUT2D eigenvalue weighted by atomic mass is 9.93. The molecule has 5 rings (SSSR count). The molecule has 2 amide bonds. The highest BCUT2D eigenvalue weighted by Gasteiger charge is 2.37. The van der Waals surface area contributed by atoms with Crippen molar-refractivity contribution in [2.24, 2.45) is 0 Å². The molecule has 2 aliphatic rings. The fourth-order valence-electron chi connectivity index (χ4n) is 5.11. The van der Waals surface area contributed by atoms with Crippen molar-refractivity contribution >= 4 is 22.7 Å². The molecule has 10 heteroatoms. The van der Waals surface area contributed by atoms with Crippen LogP contribution in [-0.2, 0) is 17.8 Å². The minimum absolute atomic E-state index is 0.114. The fourth-order valence-corrected chi connectivity index (χ4v) is 5.11. The number of alkyl halides is 2. The molecule has 1 aromatic carbocycles. The second kappa shape index (κ2) is 9.17. The van der Waals surface area contributed by atoms with E-state index in [-0.39, 0.29) is 25.0 Å². The van der Waals surface area contributed by atoms with Gasteiger partial charge in [0.15, 0.2) is 0 Å². The molecule has 0 unspecified atom stereocenters. The first kappa shape index (κ1) is 22.5. The van der Waals surface area contributed by atoms with Crippen molar-refractivity contribution in [2.75, 3.05) is 13.2 Å². The molecule has 1 aliphatic carbocycles. The zero-order chi connectivity index (χ0) is 23.7. The summed E-state index contributed by atoms with van der Waals surface area (Å²) in [4.78, 5) is 31.3. The number of hydrogen-bond donors (Lipinski definition) is 2. The van der Waals surface area contributed by atoms with Gasteiger partial charge < -0.3 is 19.9 Å². The maximum absolute atomic E-state index is 13.2. The predicted molar refractivity (Wildman–Crippen MR) is 121 cm³/mol. The molecule has 0 radical (unpaired) electrons. The third kappa shape index (κ3) is 4.42. The van der Waals surface area contributed by atoms with Gasteiger partial charge in [-0.2, -0.15) is 13.9 Å². The van der Waals surface area contributed by atoms with Crippen LogP contribution in [-0.4, -0.2) is 56.8 Å². The summed E-state index contributed by atoms with van der Waals surface area (Å²) < 4.78 is 31.1. The number of para-hydroxylation sites is 1. The van der Waals surface area contributed by atoms with Gasteiger partial charge in [-0.3, -0.25) is 14.3 Å². The van der Waals surface area contributed by atoms with Crippen LogP contribution in [0.1, 0.15) is 58.6 Å². The number of halogens is 2. The molecule has 3 aromatic rings. The number of nitrogens with zero attached hydrogens (tertiary/aromatic N) is 3. The number of aromatic nitrogens is 3. The molecule has 1 fully saturated rings. The van der Waals surface area contributed by atoms with Crippen LogP contribution in [0.5, 0.6) is 0 Å². The number of carbonyl (C=O) groups excluding carboxylic acids is 2. The lowest BCUT2D eigenvalue weighted by Crippen LogP contribution is -2.47. The lowest BCUT2D eigenvalue weighted by molar-refractivity contribution is -0.132. The van der Waals surface area contributed by atoms with Crippen LogP contribution < -0.4 is 5.32 Å². The second-order valence-electron chi connectivity index (χ2n) is 9.05. The van der Waals surface area contributed by atoms with E-state index in [0.29, 0.717) is 36.5 Å². The van der Waals surface area contributed by atoms with Gasteiger partial charge in [0.25, 0.3) is 11.8 Å². The standard InChI is InChI=1S/C24H27F2N5O3/c25-23(26)34-12-9-24(7-3-4-8-24)29-21(32)17-14-27-31-11-10-30(15-20(17)31)22(33)19-13-16-5-1-2-6-18(16)28-19/h1-2,5-6,13-14,23,28H,3-4,7-12,15H2,(H,29,32). The average Bonchev–Trinajstić information content (AvgIpc) is 3.56. The van der Waals surface area contributed by atoms with Gasteiger partial charge in [-0.1, -0.05) is 31.0 Å². The number of aromatic amines is 1. The van der Waals surface area contributed by atoms with Crippen LogP contribution in [0, 0.1) is 0 Å². The van der Waals surface area contributed by atoms with Crippen molar-refractivity contribution in [1.29, 1.82) is 0 Å². The Balaban J connectivity index is 1.31. The highest BCUT2D eigenvalue weighted by atomic mass is 19.3. The molecule has 180 valence electrons. The number of ether oxygens (including phenoxy) is 1. The molecule has 1 saturated carbocycles. The largest absolute Gasteiger partial charge is 0.351 e. The van der Waals surface area contributed by atoms with E-state index < -0.39 is 12.2 Å². The minimum atomic E-state index is -2.82. The van der Waals surface area contributed by atoms with E-state index in [0.717, 1.165) is 36.6 Å². The van der Waals surface area contributed by atoms with Crippen LogP contribution >= 0.6 is 0 Å². The first-order valence-corrected chi connectivity index (χ1v) is 11.6. The van der Waals surface area contributed by atoms with Crippen molar-refractivity contribution in [1.82, 2.24) is 25.0 Å². The number of hydrogen-bond acceptors (Lipinski definition) is 4. The molecular weight excluding hydrogens is 444 g/mol. The summed E-state index contributed by atoms with van der Waals surface area (Å²) in [7, 11) is 0. The van der Waals surface area contributed by atoms with Gasteiger partial charge in [0.2, 0.25) is 0 Å². The van der Waals surface area contributed by atoms with Gasteiger partial charge in [0.1, 0.15) is 5.69 Å². The van der Waals surface area contributed by atoms with Crippen LogP contribution in [0.4, 0.5) is 8.78 Å². The zero-order valence-corrected chi connectivity index (χ0v) is 18.7. The number of carbonyl (C=O) groups is 2. The summed E-state index contributed by atoms with van der Waals surface area (Å²) in [5.41, 5.74) is 1.92. The van der Waals surface area contributed by atoms with Crippen LogP contribution in [0.15, 0.2) is 36.5 Å². The Bertz CT molecular complexity index is 1170. The summed E-state index contributed by atoms with van der Waals surface area (Å²) in [6.07, 6.45) is 5.15. The summed E-state index contributed by atoms with van der Waals surface area (Å²) in [5.74, 6) is -0.425. The Labute approximate surface area is 195 Å². The minimum Gasteiger partial charge on any atom is -0.351 e. The van der Waals surface area contributed by atoms with Gasteiger partial charge >= 0.3 is 6.61 Å². The second-order valence-corrected chi connectivity index (χ2v) is 9.05. The third-order valence-electron chi connectivity index (χ3n) is 6.93. The van der Waals surface area contributed by atoms with Gasteiger partial charge in [-0.05, 0) is 31.4 Å². The number of amides is 2. The van der Waals surface area contributed by atoms with Crippen molar-refractivity contribution in [3.63, 3.8) is 0 Å². The summed E-state index contributed by atoms with van der Waals surface area (Å²) in [6.45, 7) is -1.70. The molecule has 1 aliphatic heterocycles. The molecule has 8 nitrogen and oxygen atoms in total. The molecule has 2 N–H and O–H groups in total. The molecule has 0 atom stereocenters. The van der Waals surface area contributed by atoms with Crippen LogP contribution in [0.3, 0.4) is 0 Å². The summed E-state index contributed by atoms with van der Waals surface area (Å²) >= 11 is 0. The van der Waals surface area contributed by atoms with Crippen molar-refractivity contribution in [3.8, 4) is 0 Å². The maximum Gasteiger partial charge on any atom is 0.345 e. The average molecular weight is 472 g/mol. The Morgan fingerprint density at radius 2 is 2.00 bits per heavy atom. The third-order valence-corrected chi connectivity index (χ3v) is 6.93. The number of H-pyrrole nitrogens is 1. The molecule has 0 saturated heterocycles. The van der Waals surface area contributed by atoms with Crippen molar-refractivity contribution in [3.05, 3.63) is 53.5 Å². The van der Waals surface area contributed by atoms with Gasteiger partial charge in [-0.15, -0.1) is 0 Å². The fraction of sp³-hybridized carbons (Fsp3) is 0.458. The van der Waals surface area contributed by atoms with E-state index in [1.165, 1.54) is 6.20 Å². The SMILES string of the molecule is O=C(NC1(CCOC(F)F)CCCC1)c1cnn2c1CN(C(=O)c1cc3ccccc3[nH]1)CC2. The summed E-state index contributed by atoms with van der Waals surface area (Å²) in [6, 6.07) is 9.54. The van der Waals surface area contributed by atoms with E-state index in [1.807, 2.05) is 30.3 Å². The van der Waals surface area contributed by atoms with Crippen LogP contribution in [0.2, 0.25) is 0 Å². The molecule has 0 spiro atoms. The topological polar surface area (TPSA) is 92.2 Å². The Morgan fingerprint density at radius 1 is 1.21 bits per heavy atom. The quantitative estimate of drug-likeness (QED) is 0.550. The van der Waals surface area contributed by atoms with E-state index in [1.54, 1.807) is 9.58 Å². The molecule has 2 aromatic heterocycles. The van der Waals surface area contributed by atoms with Crippen LogP contribution in [0.25, 0.3) is 10.9 Å². The number of nitrogens with one attached hydrogen (secondary N) is 2. The van der Waals surface area contributed by atoms with Crippen molar-refractivity contribution < 1.29 is 23.1 Å². The molecule has 0 bridgehead atoms. The lowest BCUT2D eigenvalue weighted by Gasteiger charge is -2.31. The number of rotatable bonds is 7. The maximum atomic E-state index is 13.2. The van der Waals surface area contributed by atoms with Gasteiger partial charge in [-0.25, -0.2) is 0 Å². The molecule has 3 heterocycles. The highest BCUT2D eigenvalue weighted by Crippen LogP contribution is 2.33. The Morgan fingerprint density at radius 3 is 2.76 bits per heavy atom. The predicted octanol–water partition coefficient (Wildman–Crippen LogP) is 3.69. The first-order chi connectivity index (χ1) is 16.4. The monoisotopic (exact) mass is 471 g/mol. The zero-order valence-electron chi connectivity index (χ0n) is 18.7. The van der Waals surface area contributed by atoms with Gasteiger partial charge in [0, 0.05) is 23.0 Å². The van der Waals surface area contributed by atoms with E-state index in [2.05, 4.69) is 20.1 Å². The van der Waals surface area contributed by atoms with E-state index in [9.17, 15) is 18.4 Å². The van der Waals surface area contributed by atoms with E-state index >= 15 is 0 Å². The smallest absolute Gasteiger partial charge is 0.345 e. The van der Waals surface area contributed by atoms with Crippen molar-refractivity contribution in [2.45, 2.75) is 57.3 Å². The molecule has 34 heavy (non-hydrogen) atoms. The Hall–Kier alpha value is -3.27. The molecular formula is C24H27F2N5O3. The van der Waals surface area contributed by atoms with Gasteiger partial charge in [0.05, 0.1) is 37.2 Å².